The van der Waals surface area contributed by atoms with Crippen molar-refractivity contribution < 1.29 is 38.1 Å². The number of carbonyl (C=O) groups excluding carboxylic acids is 3. The Morgan fingerprint density at radius 2 is 1.64 bits per heavy atom. The first-order chi connectivity index (χ1) is 15.8. The molecule has 182 valence electrons. The second-order valence-electron chi connectivity index (χ2n) is 7.15. The van der Waals surface area contributed by atoms with Crippen LogP contribution in [0.5, 0.6) is 0 Å². The van der Waals surface area contributed by atoms with Crippen molar-refractivity contribution in [2.45, 2.75) is 39.0 Å². The molecule has 1 aromatic carbocycles. The van der Waals surface area contributed by atoms with Gasteiger partial charge >= 0.3 is 17.9 Å². The first-order valence-corrected chi connectivity index (χ1v) is 11.1. The topological polar surface area (TPSA) is 110 Å². The van der Waals surface area contributed by atoms with Crippen LogP contribution in [-0.2, 0) is 38.1 Å². The highest BCUT2D eigenvalue weighted by Crippen LogP contribution is 2.52. The smallest absolute Gasteiger partial charge is 0.326 e. The number of benzene rings is 1. The van der Waals surface area contributed by atoms with Crippen molar-refractivity contribution in [2.24, 2.45) is 16.3 Å². The maximum atomic E-state index is 13.7. The predicted octanol–water partition coefficient (Wildman–Crippen LogP) is 2.79. The molecule has 1 aliphatic heterocycles. The first kappa shape index (κ1) is 26.8. The minimum Gasteiger partial charge on any atom is -0.469 e. The maximum Gasteiger partial charge on any atom is 0.326 e. The lowest BCUT2D eigenvalue weighted by Crippen LogP contribution is -2.62. The van der Waals surface area contributed by atoms with Crippen molar-refractivity contribution in [1.29, 1.82) is 0 Å². The molecule has 1 aliphatic rings. The Morgan fingerprint density at radius 1 is 1.00 bits per heavy atom. The van der Waals surface area contributed by atoms with E-state index in [1.165, 1.54) is 13.3 Å². The van der Waals surface area contributed by atoms with Crippen molar-refractivity contribution in [2.75, 3.05) is 34.0 Å². The first-order valence-electron chi connectivity index (χ1n) is 10.7. The van der Waals surface area contributed by atoms with Crippen molar-refractivity contribution in [3.63, 3.8) is 0 Å². The Labute approximate surface area is 198 Å². The number of hydrogen-bond acceptors (Lipinski definition) is 9. The van der Waals surface area contributed by atoms with Crippen LogP contribution in [-0.4, -0.2) is 70.5 Å². The van der Waals surface area contributed by atoms with Crippen molar-refractivity contribution >= 4 is 35.7 Å². The molecule has 0 bridgehead atoms. The maximum absolute atomic E-state index is 13.7. The van der Waals surface area contributed by atoms with E-state index in [2.05, 4.69) is 4.99 Å². The Hall–Kier alpha value is -2.49. The van der Waals surface area contributed by atoms with Gasteiger partial charge in [0.05, 0.1) is 20.8 Å². The molecule has 4 unspecified atom stereocenters. The monoisotopic (exact) mass is 483 g/mol. The number of methoxy groups -OCH3 is 2. The van der Waals surface area contributed by atoms with Crippen LogP contribution in [0.2, 0.25) is 5.02 Å². The second kappa shape index (κ2) is 12.1. The molecule has 33 heavy (non-hydrogen) atoms. The number of rotatable bonds is 10. The summed E-state index contributed by atoms with van der Waals surface area (Å²) >= 11 is 6.51. The highest BCUT2D eigenvalue weighted by molar-refractivity contribution is 6.31. The van der Waals surface area contributed by atoms with Gasteiger partial charge in [0, 0.05) is 30.4 Å². The average molecular weight is 484 g/mol. The van der Waals surface area contributed by atoms with E-state index in [1.807, 2.05) is 0 Å². The van der Waals surface area contributed by atoms with Gasteiger partial charge in [-0.25, -0.2) is 0 Å². The molecule has 0 saturated heterocycles. The third kappa shape index (κ3) is 5.05. The molecule has 2 rings (SSSR count). The molecule has 1 heterocycles. The van der Waals surface area contributed by atoms with Crippen LogP contribution in [0.3, 0.4) is 0 Å². The van der Waals surface area contributed by atoms with Gasteiger partial charge in [-0.2, -0.15) is 0 Å². The number of carbonyl (C=O) groups is 3. The minimum absolute atomic E-state index is 0.0277. The number of nitrogens with zero attached hydrogens (tertiary/aromatic N) is 1. The third-order valence-electron chi connectivity index (χ3n) is 5.49. The van der Waals surface area contributed by atoms with E-state index in [1.54, 1.807) is 45.0 Å². The van der Waals surface area contributed by atoms with E-state index in [9.17, 15) is 14.4 Å². The van der Waals surface area contributed by atoms with Crippen LogP contribution < -0.4 is 0 Å². The molecule has 0 amide bonds. The van der Waals surface area contributed by atoms with Gasteiger partial charge in [0.25, 0.3) is 0 Å². The number of esters is 3. The quantitative estimate of drug-likeness (QED) is 0.216. The fourth-order valence-electron chi connectivity index (χ4n) is 4.20. The van der Waals surface area contributed by atoms with Gasteiger partial charge in [0.1, 0.15) is 12.0 Å². The second-order valence-corrected chi connectivity index (χ2v) is 7.56. The van der Waals surface area contributed by atoms with Gasteiger partial charge in [-0.1, -0.05) is 29.8 Å². The third-order valence-corrected chi connectivity index (χ3v) is 5.84. The largest absolute Gasteiger partial charge is 0.469 e. The number of hydrogen-bond donors (Lipinski definition) is 0. The van der Waals surface area contributed by atoms with E-state index >= 15 is 0 Å². The van der Waals surface area contributed by atoms with Gasteiger partial charge in [0.15, 0.2) is 11.7 Å². The summed E-state index contributed by atoms with van der Waals surface area (Å²) in [6.07, 6.45) is 0.235. The zero-order chi connectivity index (χ0) is 24.6. The predicted molar refractivity (Wildman–Crippen MR) is 120 cm³/mol. The molecule has 0 fully saturated rings. The molecule has 1 aromatic rings. The number of aliphatic imine (C=N–C) groups is 1. The number of halogens is 1. The van der Waals surface area contributed by atoms with Crippen LogP contribution in [0.1, 0.15) is 32.3 Å². The fourth-order valence-corrected chi connectivity index (χ4v) is 4.45. The van der Waals surface area contributed by atoms with E-state index in [4.69, 9.17) is 35.3 Å². The highest BCUT2D eigenvalue weighted by atomic mass is 35.5. The van der Waals surface area contributed by atoms with Gasteiger partial charge in [-0.3, -0.25) is 19.4 Å². The fraction of sp³-hybridized carbons (Fsp3) is 0.565. The molecule has 0 radical (unpaired) electrons. The lowest BCUT2D eigenvalue weighted by atomic mass is 9.60. The normalized spacial score (nSPS) is 24.4. The molecule has 0 saturated carbocycles. The summed E-state index contributed by atoms with van der Waals surface area (Å²) in [7, 11) is 2.35. The molecular weight excluding hydrogens is 454 g/mol. The molecule has 0 N–H and O–H groups in total. The Bertz CT molecular complexity index is 870. The van der Waals surface area contributed by atoms with Crippen LogP contribution >= 0.6 is 11.6 Å². The number of ether oxygens (including phenoxy) is 5. The van der Waals surface area contributed by atoms with Crippen LogP contribution in [0.15, 0.2) is 29.3 Å². The van der Waals surface area contributed by atoms with Gasteiger partial charge in [-0.05, 0) is 32.4 Å². The zero-order valence-electron chi connectivity index (χ0n) is 19.4. The summed E-state index contributed by atoms with van der Waals surface area (Å²) in [6.45, 7) is 5.49. The lowest BCUT2D eigenvalue weighted by Gasteiger charge is -2.46. The lowest BCUT2D eigenvalue weighted by molar-refractivity contribution is -0.201. The Morgan fingerprint density at radius 3 is 2.15 bits per heavy atom. The van der Waals surface area contributed by atoms with E-state index in [0.717, 1.165) is 7.11 Å². The van der Waals surface area contributed by atoms with E-state index < -0.39 is 47.5 Å². The van der Waals surface area contributed by atoms with Crippen molar-refractivity contribution in [3.05, 3.63) is 34.9 Å². The molecule has 0 aliphatic carbocycles. The van der Waals surface area contributed by atoms with Gasteiger partial charge in [-0.15, -0.1) is 0 Å². The van der Waals surface area contributed by atoms with Crippen LogP contribution in [0, 0.1) is 11.3 Å². The van der Waals surface area contributed by atoms with Crippen LogP contribution in [0.25, 0.3) is 0 Å². The average Bonchev–Trinajstić information content (AvgIpc) is 2.82. The minimum atomic E-state index is -2.15. The van der Waals surface area contributed by atoms with Crippen LogP contribution in [0.4, 0.5) is 0 Å². The summed E-state index contributed by atoms with van der Waals surface area (Å²) in [5, 5.41) is 0.243. The SMILES string of the molecule is CCOC(=O)C1(C(=O)OC)C(C(OCC)OCC)N=CC(C(=O)OC)C1c1ccccc1Cl. The van der Waals surface area contributed by atoms with Gasteiger partial charge < -0.3 is 23.7 Å². The standard InChI is InChI=1S/C23H30ClNO8/c1-6-31-20(32-7-2)18-23(21(27)30-5,22(28)33-8-3)17(14-11-9-10-12-16(14)24)15(13-25-18)19(26)29-4/h9-13,15,17-18,20H,6-8H2,1-5H3. The summed E-state index contributed by atoms with van der Waals surface area (Å²) in [6, 6.07) is 5.38. The highest BCUT2D eigenvalue weighted by Gasteiger charge is 2.67. The Balaban J connectivity index is 2.96. The molecule has 0 aromatic heterocycles. The molecule has 0 spiro atoms. The van der Waals surface area contributed by atoms with Crippen molar-refractivity contribution in [1.82, 2.24) is 0 Å². The van der Waals surface area contributed by atoms with Gasteiger partial charge in [0.2, 0.25) is 0 Å². The zero-order valence-corrected chi connectivity index (χ0v) is 20.2. The summed E-state index contributed by atoms with van der Waals surface area (Å²) in [5.41, 5.74) is -1.80. The summed E-state index contributed by atoms with van der Waals surface area (Å²) in [4.78, 5) is 44.5. The molecule has 4 atom stereocenters. The summed E-state index contributed by atoms with van der Waals surface area (Å²) < 4.78 is 27.0. The van der Waals surface area contributed by atoms with Crippen molar-refractivity contribution in [3.8, 4) is 0 Å². The molecule has 10 heteroatoms. The molecule has 9 nitrogen and oxygen atoms in total. The molecular formula is C23H30ClNO8. The summed E-state index contributed by atoms with van der Waals surface area (Å²) in [5.74, 6) is -4.90. The van der Waals surface area contributed by atoms with E-state index in [0.29, 0.717) is 5.56 Å². The Kier molecular flexibility index (Phi) is 9.82. The van der Waals surface area contributed by atoms with E-state index in [-0.39, 0.29) is 24.8 Å².